The lowest BCUT2D eigenvalue weighted by atomic mass is 10.1. The number of carbonyl (C=O) groups excluding carboxylic acids is 1. The Morgan fingerprint density at radius 2 is 2.32 bits per heavy atom. The van der Waals surface area contributed by atoms with Crippen molar-refractivity contribution in [1.82, 2.24) is 15.5 Å². The van der Waals surface area contributed by atoms with Crippen LogP contribution in [0.2, 0.25) is 0 Å². The van der Waals surface area contributed by atoms with Crippen LogP contribution in [-0.4, -0.2) is 22.7 Å². The minimum atomic E-state index is -0.418. The average molecular weight is 305 g/mol. The van der Waals surface area contributed by atoms with Crippen molar-refractivity contribution >= 4 is 5.91 Å². The van der Waals surface area contributed by atoms with E-state index in [4.69, 9.17) is 4.74 Å². The van der Waals surface area contributed by atoms with E-state index in [1.807, 2.05) is 6.92 Å². The number of hydrogen-bond donors (Lipinski definition) is 2. The molecule has 0 unspecified atom stereocenters. The molecule has 0 fully saturated rings. The van der Waals surface area contributed by atoms with Gasteiger partial charge in [-0.3, -0.25) is 9.89 Å². The Labute approximate surface area is 128 Å². The van der Waals surface area contributed by atoms with Gasteiger partial charge in [0, 0.05) is 12.6 Å². The van der Waals surface area contributed by atoms with Gasteiger partial charge in [0.15, 0.2) is 11.6 Å². The fraction of sp³-hybridized carbons (Fsp3) is 0.375. The van der Waals surface area contributed by atoms with Crippen LogP contribution in [0.15, 0.2) is 30.6 Å². The maximum absolute atomic E-state index is 13.8. The summed E-state index contributed by atoms with van der Waals surface area (Å²) in [6.07, 6.45) is 4.44. The van der Waals surface area contributed by atoms with Crippen molar-refractivity contribution in [2.24, 2.45) is 0 Å². The topological polar surface area (TPSA) is 67.0 Å². The largest absolute Gasteiger partial charge is 0.491 e. The molecule has 0 saturated heterocycles. The molecular formula is C16H20FN3O2. The van der Waals surface area contributed by atoms with E-state index in [0.717, 1.165) is 5.56 Å². The van der Waals surface area contributed by atoms with Crippen LogP contribution in [0.4, 0.5) is 4.39 Å². The molecular weight excluding hydrogens is 285 g/mol. The van der Waals surface area contributed by atoms with Gasteiger partial charge < -0.3 is 10.1 Å². The number of halogens is 1. The molecule has 0 bridgehead atoms. The van der Waals surface area contributed by atoms with E-state index in [-0.39, 0.29) is 17.7 Å². The number of aromatic nitrogens is 2. The summed E-state index contributed by atoms with van der Waals surface area (Å²) in [4.78, 5) is 11.9. The molecule has 0 aliphatic heterocycles. The molecule has 22 heavy (non-hydrogen) atoms. The van der Waals surface area contributed by atoms with Crippen LogP contribution in [0.25, 0.3) is 0 Å². The van der Waals surface area contributed by atoms with Crippen LogP contribution in [-0.2, 0) is 11.2 Å². The number of hydrogen-bond acceptors (Lipinski definition) is 3. The highest BCUT2D eigenvalue weighted by atomic mass is 19.1. The number of nitrogens with zero attached hydrogens (tertiary/aromatic N) is 1. The highest BCUT2D eigenvalue weighted by Gasteiger charge is 2.12. The van der Waals surface area contributed by atoms with Crippen molar-refractivity contribution in [3.05, 3.63) is 47.5 Å². The van der Waals surface area contributed by atoms with E-state index >= 15 is 0 Å². The fourth-order valence-electron chi connectivity index (χ4n) is 2.13. The number of aryl methyl sites for hydroxylation is 1. The summed E-state index contributed by atoms with van der Waals surface area (Å²) < 4.78 is 19.0. The third kappa shape index (κ3) is 4.31. The van der Waals surface area contributed by atoms with E-state index in [1.165, 1.54) is 6.07 Å². The molecule has 0 spiro atoms. The maximum Gasteiger partial charge on any atom is 0.220 e. The number of nitrogens with one attached hydrogen (secondary N) is 2. The third-order valence-corrected chi connectivity index (χ3v) is 3.33. The molecule has 1 aromatic heterocycles. The second kappa shape index (κ2) is 7.59. The Bertz CT molecular complexity index is 614. The second-order valence-corrected chi connectivity index (χ2v) is 5.02. The minimum Gasteiger partial charge on any atom is -0.491 e. The van der Waals surface area contributed by atoms with Gasteiger partial charge in [0.1, 0.15) is 0 Å². The van der Waals surface area contributed by atoms with Crippen LogP contribution in [0.1, 0.15) is 37.4 Å². The van der Waals surface area contributed by atoms with Crippen LogP contribution in [0.3, 0.4) is 0 Å². The third-order valence-electron chi connectivity index (χ3n) is 3.33. The summed E-state index contributed by atoms with van der Waals surface area (Å²) in [6.45, 7) is 4.04. The number of aromatic amines is 1. The number of amides is 1. The zero-order valence-corrected chi connectivity index (χ0v) is 12.7. The molecule has 1 aromatic carbocycles. The van der Waals surface area contributed by atoms with Gasteiger partial charge in [-0.2, -0.15) is 5.10 Å². The molecule has 1 amide bonds. The first-order chi connectivity index (χ1) is 10.6. The number of benzene rings is 1. The van der Waals surface area contributed by atoms with E-state index in [0.29, 0.717) is 25.0 Å². The summed E-state index contributed by atoms with van der Waals surface area (Å²) >= 11 is 0. The molecule has 0 saturated carbocycles. The molecule has 1 heterocycles. The van der Waals surface area contributed by atoms with Crippen molar-refractivity contribution in [1.29, 1.82) is 0 Å². The molecule has 118 valence electrons. The zero-order valence-electron chi connectivity index (χ0n) is 12.7. The quantitative estimate of drug-likeness (QED) is 0.826. The Hall–Kier alpha value is -2.37. The second-order valence-electron chi connectivity index (χ2n) is 5.02. The molecule has 2 N–H and O–H groups in total. The van der Waals surface area contributed by atoms with Crippen molar-refractivity contribution in [2.75, 3.05) is 6.61 Å². The van der Waals surface area contributed by atoms with Crippen molar-refractivity contribution in [2.45, 2.75) is 32.7 Å². The van der Waals surface area contributed by atoms with Gasteiger partial charge in [-0.15, -0.1) is 0 Å². The zero-order chi connectivity index (χ0) is 15.9. The van der Waals surface area contributed by atoms with Crippen LogP contribution in [0, 0.1) is 5.82 Å². The lowest BCUT2D eigenvalue weighted by Gasteiger charge is -2.15. The lowest BCUT2D eigenvalue weighted by molar-refractivity contribution is -0.121. The van der Waals surface area contributed by atoms with Gasteiger partial charge in [-0.25, -0.2) is 4.39 Å². The first-order valence-electron chi connectivity index (χ1n) is 7.29. The predicted octanol–water partition coefficient (Wildman–Crippen LogP) is 2.76. The molecule has 2 aromatic rings. The van der Waals surface area contributed by atoms with Crippen LogP contribution < -0.4 is 10.1 Å². The first kappa shape index (κ1) is 16.0. The number of H-pyrrole nitrogens is 1. The molecule has 6 heteroatoms. The SMILES string of the molecule is CCOc1ccc([C@@H](C)NC(=O)CCc2cn[nH]c2)cc1F. The van der Waals surface area contributed by atoms with Crippen molar-refractivity contribution in [3.63, 3.8) is 0 Å². The Morgan fingerprint density at radius 3 is 2.95 bits per heavy atom. The normalized spacial score (nSPS) is 12.0. The number of carbonyl (C=O) groups is 1. The highest BCUT2D eigenvalue weighted by molar-refractivity contribution is 5.76. The Balaban J connectivity index is 1.89. The van der Waals surface area contributed by atoms with Gasteiger partial charge in [0.05, 0.1) is 18.8 Å². The van der Waals surface area contributed by atoms with Crippen LogP contribution >= 0.6 is 0 Å². The number of rotatable bonds is 7. The first-order valence-corrected chi connectivity index (χ1v) is 7.29. The van der Waals surface area contributed by atoms with Gasteiger partial charge in [0.2, 0.25) is 5.91 Å². The van der Waals surface area contributed by atoms with Crippen molar-refractivity contribution < 1.29 is 13.9 Å². The molecule has 0 radical (unpaired) electrons. The lowest BCUT2D eigenvalue weighted by Crippen LogP contribution is -2.26. The van der Waals surface area contributed by atoms with Crippen molar-refractivity contribution in [3.8, 4) is 5.75 Å². The van der Waals surface area contributed by atoms with Crippen LogP contribution in [0.5, 0.6) is 5.75 Å². The molecule has 5 nitrogen and oxygen atoms in total. The molecule has 0 aliphatic carbocycles. The number of ether oxygens (including phenoxy) is 1. The van der Waals surface area contributed by atoms with E-state index in [2.05, 4.69) is 15.5 Å². The smallest absolute Gasteiger partial charge is 0.220 e. The standard InChI is InChI=1S/C16H20FN3O2/c1-3-22-15-6-5-13(8-14(15)17)11(2)20-16(21)7-4-12-9-18-19-10-12/h5-6,8-11H,3-4,7H2,1-2H3,(H,18,19)(H,20,21)/t11-/m1/s1. The van der Waals surface area contributed by atoms with E-state index < -0.39 is 5.82 Å². The van der Waals surface area contributed by atoms with Gasteiger partial charge >= 0.3 is 0 Å². The predicted molar refractivity (Wildman–Crippen MR) is 81.0 cm³/mol. The summed E-state index contributed by atoms with van der Waals surface area (Å²) in [6, 6.07) is 4.48. The summed E-state index contributed by atoms with van der Waals surface area (Å²) in [5.74, 6) is -0.272. The fourth-order valence-corrected chi connectivity index (χ4v) is 2.13. The molecule has 0 aliphatic rings. The van der Waals surface area contributed by atoms with E-state index in [1.54, 1.807) is 31.5 Å². The van der Waals surface area contributed by atoms with Gasteiger partial charge in [0.25, 0.3) is 0 Å². The average Bonchev–Trinajstić information content (AvgIpc) is 3.00. The minimum absolute atomic E-state index is 0.0806. The molecule has 2 rings (SSSR count). The summed E-state index contributed by atoms with van der Waals surface area (Å²) in [5, 5.41) is 9.40. The summed E-state index contributed by atoms with van der Waals surface area (Å²) in [7, 11) is 0. The van der Waals surface area contributed by atoms with Gasteiger partial charge in [-0.1, -0.05) is 6.07 Å². The van der Waals surface area contributed by atoms with Gasteiger partial charge in [-0.05, 0) is 43.5 Å². The maximum atomic E-state index is 13.8. The monoisotopic (exact) mass is 305 g/mol. The summed E-state index contributed by atoms with van der Waals surface area (Å²) in [5.41, 5.74) is 1.69. The molecule has 1 atom stereocenters. The Kier molecular flexibility index (Phi) is 5.52. The Morgan fingerprint density at radius 1 is 1.50 bits per heavy atom. The highest BCUT2D eigenvalue weighted by Crippen LogP contribution is 2.22. The van der Waals surface area contributed by atoms with E-state index in [9.17, 15) is 9.18 Å².